The number of nitrogens with zero attached hydrogens (tertiary/aromatic N) is 1. The lowest BCUT2D eigenvalue weighted by molar-refractivity contribution is -0.154. The van der Waals surface area contributed by atoms with Crippen LogP contribution >= 0.6 is 0 Å². The lowest BCUT2D eigenvalue weighted by Gasteiger charge is -2.47. The fourth-order valence-corrected chi connectivity index (χ4v) is 3.07. The fourth-order valence-electron chi connectivity index (χ4n) is 3.07. The molecule has 1 N–H and O–H groups in total. The zero-order chi connectivity index (χ0) is 14.9. The van der Waals surface area contributed by atoms with Crippen LogP contribution in [0, 0.1) is 11.8 Å². The van der Waals surface area contributed by atoms with E-state index in [1.165, 1.54) is 0 Å². The summed E-state index contributed by atoms with van der Waals surface area (Å²) in [5.74, 6) is 0.173. The van der Waals surface area contributed by atoms with Crippen molar-refractivity contribution in [2.75, 3.05) is 19.6 Å². The minimum Gasteiger partial charge on any atom is -0.461 e. The topological polar surface area (TPSA) is 49.8 Å². The maximum Gasteiger partial charge on any atom is 0.310 e. The van der Waals surface area contributed by atoms with E-state index in [1.807, 2.05) is 37.3 Å². The minimum absolute atomic E-state index is 0.155. The Morgan fingerprint density at radius 3 is 2.67 bits per heavy atom. The Morgan fingerprint density at radius 1 is 1.38 bits per heavy atom. The molecule has 1 heterocycles. The second-order valence-electron chi connectivity index (χ2n) is 6.54. The van der Waals surface area contributed by atoms with Gasteiger partial charge in [-0.05, 0) is 24.3 Å². The molecule has 1 aromatic carbocycles. The third kappa shape index (κ3) is 3.44. The van der Waals surface area contributed by atoms with Crippen LogP contribution < -0.4 is 0 Å². The lowest BCUT2D eigenvalue weighted by Crippen LogP contribution is -2.64. The van der Waals surface area contributed by atoms with Gasteiger partial charge in [0.2, 0.25) is 0 Å². The van der Waals surface area contributed by atoms with Crippen LogP contribution in [0.3, 0.4) is 0 Å². The summed E-state index contributed by atoms with van der Waals surface area (Å²) < 4.78 is 5.34. The Kier molecular flexibility index (Phi) is 4.00. The van der Waals surface area contributed by atoms with Gasteiger partial charge in [0.25, 0.3) is 0 Å². The Balaban J connectivity index is 1.39. The van der Waals surface area contributed by atoms with Gasteiger partial charge in [-0.3, -0.25) is 9.69 Å². The van der Waals surface area contributed by atoms with Crippen LogP contribution in [0.25, 0.3) is 0 Å². The number of β-amino-alcohol motifs (C(OH)–C–C–N with tert-alkyl or cyclic N) is 1. The third-order valence-electron chi connectivity index (χ3n) is 4.49. The van der Waals surface area contributed by atoms with E-state index in [2.05, 4.69) is 4.90 Å². The smallest absolute Gasteiger partial charge is 0.310 e. The molecule has 0 radical (unpaired) electrons. The van der Waals surface area contributed by atoms with Crippen molar-refractivity contribution >= 4 is 5.97 Å². The maximum absolute atomic E-state index is 12.0. The van der Waals surface area contributed by atoms with Crippen LogP contribution in [0.5, 0.6) is 0 Å². The van der Waals surface area contributed by atoms with Gasteiger partial charge in [-0.25, -0.2) is 0 Å². The number of carbonyl (C=O) groups excluding carboxylic acids is 1. The van der Waals surface area contributed by atoms with Gasteiger partial charge in [0.1, 0.15) is 6.61 Å². The van der Waals surface area contributed by atoms with E-state index in [0.29, 0.717) is 32.2 Å². The number of aliphatic hydroxyl groups is 1. The number of ether oxygens (including phenoxy) is 1. The average molecular weight is 289 g/mol. The molecule has 1 saturated heterocycles. The van der Waals surface area contributed by atoms with Crippen molar-refractivity contribution in [3.63, 3.8) is 0 Å². The Morgan fingerprint density at radius 2 is 2.05 bits per heavy atom. The summed E-state index contributed by atoms with van der Waals surface area (Å²) in [5, 5.41) is 10.3. The second kappa shape index (κ2) is 5.78. The highest BCUT2D eigenvalue weighted by atomic mass is 16.5. The van der Waals surface area contributed by atoms with Gasteiger partial charge >= 0.3 is 5.97 Å². The largest absolute Gasteiger partial charge is 0.461 e. The van der Waals surface area contributed by atoms with Gasteiger partial charge in [0.05, 0.1) is 11.5 Å². The first-order valence-electron chi connectivity index (χ1n) is 7.72. The zero-order valence-corrected chi connectivity index (χ0v) is 12.5. The number of hydrogen-bond donors (Lipinski definition) is 1. The molecule has 0 spiro atoms. The Labute approximate surface area is 125 Å². The van der Waals surface area contributed by atoms with Gasteiger partial charge < -0.3 is 9.84 Å². The van der Waals surface area contributed by atoms with Gasteiger partial charge in [0, 0.05) is 19.6 Å². The standard InChI is InChI=1S/C17H23NO3/c1-13(9-18-11-17(20,12-18)15-7-8-15)16(19)21-10-14-5-3-2-4-6-14/h2-6,13,15,20H,7-12H2,1H3. The normalized spacial score (nSPS) is 22.4. The number of benzene rings is 1. The summed E-state index contributed by atoms with van der Waals surface area (Å²) in [6, 6.07) is 9.71. The summed E-state index contributed by atoms with van der Waals surface area (Å²) in [7, 11) is 0. The first-order valence-corrected chi connectivity index (χ1v) is 7.72. The van der Waals surface area contributed by atoms with Crippen LogP contribution in [0.15, 0.2) is 30.3 Å². The van der Waals surface area contributed by atoms with Crippen molar-refractivity contribution < 1.29 is 14.6 Å². The molecular weight excluding hydrogens is 266 g/mol. The summed E-state index contributed by atoms with van der Waals surface area (Å²) in [4.78, 5) is 14.1. The van der Waals surface area contributed by atoms with Gasteiger partial charge in [-0.1, -0.05) is 37.3 Å². The summed E-state index contributed by atoms with van der Waals surface area (Å²) >= 11 is 0. The highest BCUT2D eigenvalue weighted by Crippen LogP contribution is 2.44. The third-order valence-corrected chi connectivity index (χ3v) is 4.49. The Bertz CT molecular complexity index is 492. The predicted octanol–water partition coefficient (Wildman–Crippen LogP) is 1.82. The maximum atomic E-state index is 12.0. The molecule has 1 saturated carbocycles. The zero-order valence-electron chi connectivity index (χ0n) is 12.5. The van der Waals surface area contributed by atoms with E-state index in [4.69, 9.17) is 4.74 Å². The number of hydrogen-bond acceptors (Lipinski definition) is 4. The van der Waals surface area contributed by atoms with E-state index in [1.54, 1.807) is 0 Å². The van der Waals surface area contributed by atoms with Gasteiger partial charge in [-0.15, -0.1) is 0 Å². The molecule has 0 aromatic heterocycles. The van der Waals surface area contributed by atoms with Crippen LogP contribution in [-0.2, 0) is 16.1 Å². The number of esters is 1. The molecule has 0 amide bonds. The van der Waals surface area contributed by atoms with E-state index < -0.39 is 5.60 Å². The first-order chi connectivity index (χ1) is 10.1. The van der Waals surface area contributed by atoms with E-state index in [9.17, 15) is 9.90 Å². The lowest BCUT2D eigenvalue weighted by atomic mass is 9.88. The predicted molar refractivity (Wildman–Crippen MR) is 79.5 cm³/mol. The molecule has 1 unspecified atom stereocenters. The Hall–Kier alpha value is -1.39. The van der Waals surface area contributed by atoms with Crippen molar-refractivity contribution in [2.45, 2.75) is 32.0 Å². The summed E-state index contributed by atoms with van der Waals surface area (Å²) in [6.07, 6.45) is 2.30. The van der Waals surface area contributed by atoms with Gasteiger partial charge in [-0.2, -0.15) is 0 Å². The van der Waals surface area contributed by atoms with Crippen LogP contribution in [0.1, 0.15) is 25.3 Å². The second-order valence-corrected chi connectivity index (χ2v) is 6.54. The van der Waals surface area contributed by atoms with Gasteiger partial charge in [0.15, 0.2) is 0 Å². The number of rotatable bonds is 6. The van der Waals surface area contributed by atoms with Crippen molar-refractivity contribution in [1.29, 1.82) is 0 Å². The molecule has 4 nitrogen and oxygen atoms in total. The molecule has 3 rings (SSSR count). The molecule has 2 aliphatic rings. The fraction of sp³-hybridized carbons (Fsp3) is 0.588. The average Bonchev–Trinajstić information content (AvgIpc) is 3.28. The van der Waals surface area contributed by atoms with E-state index in [-0.39, 0.29) is 11.9 Å². The molecule has 0 bridgehead atoms. The molecule has 2 fully saturated rings. The molecular formula is C17H23NO3. The van der Waals surface area contributed by atoms with E-state index in [0.717, 1.165) is 18.4 Å². The van der Waals surface area contributed by atoms with E-state index >= 15 is 0 Å². The van der Waals surface area contributed by atoms with Crippen molar-refractivity contribution in [3.05, 3.63) is 35.9 Å². The van der Waals surface area contributed by atoms with Crippen LogP contribution in [0.2, 0.25) is 0 Å². The van der Waals surface area contributed by atoms with Crippen molar-refractivity contribution in [2.24, 2.45) is 11.8 Å². The monoisotopic (exact) mass is 289 g/mol. The number of likely N-dealkylation sites (tertiary alicyclic amines) is 1. The molecule has 1 aliphatic heterocycles. The van der Waals surface area contributed by atoms with Crippen molar-refractivity contribution in [3.8, 4) is 0 Å². The van der Waals surface area contributed by atoms with Crippen LogP contribution in [-0.4, -0.2) is 41.2 Å². The molecule has 21 heavy (non-hydrogen) atoms. The molecule has 1 aliphatic carbocycles. The summed E-state index contributed by atoms with van der Waals surface area (Å²) in [5.41, 5.74) is 0.526. The molecule has 4 heteroatoms. The van der Waals surface area contributed by atoms with Crippen LogP contribution in [0.4, 0.5) is 0 Å². The minimum atomic E-state index is -0.479. The summed E-state index contributed by atoms with van der Waals surface area (Å²) in [6.45, 7) is 4.29. The highest BCUT2D eigenvalue weighted by molar-refractivity contribution is 5.72. The molecule has 1 aromatic rings. The number of carbonyl (C=O) groups is 1. The molecule has 1 atom stereocenters. The SMILES string of the molecule is CC(CN1CC(O)(C2CC2)C1)C(=O)OCc1ccccc1. The quantitative estimate of drug-likeness (QED) is 0.812. The van der Waals surface area contributed by atoms with Crippen molar-refractivity contribution in [1.82, 2.24) is 4.90 Å². The highest BCUT2D eigenvalue weighted by Gasteiger charge is 2.51. The molecule has 114 valence electrons. The first kappa shape index (κ1) is 14.5.